The third-order valence-corrected chi connectivity index (χ3v) is 2.67. The summed E-state index contributed by atoms with van der Waals surface area (Å²) in [6.45, 7) is 3.54. The number of hydrogen-bond donors (Lipinski definition) is 1. The Hall–Kier alpha value is -2.30. The number of carbonyl (C=O) groups excluding carboxylic acids is 2. The zero-order valence-corrected chi connectivity index (χ0v) is 11.5. The molecule has 0 aromatic heterocycles. The molecular formula is C15H19NO4. The fraction of sp³-hybridized carbons (Fsp3) is 0.333. The first kappa shape index (κ1) is 15.8. The van der Waals surface area contributed by atoms with Crippen LogP contribution in [0.3, 0.4) is 0 Å². The summed E-state index contributed by atoms with van der Waals surface area (Å²) in [5.41, 5.74) is 1.09. The Kier molecular flexibility index (Phi) is 6.89. The van der Waals surface area contributed by atoms with Gasteiger partial charge in [0.2, 0.25) is 0 Å². The lowest BCUT2D eigenvalue weighted by Crippen LogP contribution is -2.42. The molecule has 0 aliphatic carbocycles. The first-order valence-corrected chi connectivity index (χ1v) is 6.33. The van der Waals surface area contributed by atoms with E-state index in [1.807, 2.05) is 30.3 Å². The normalized spacial score (nSPS) is 11.2. The highest BCUT2D eigenvalue weighted by Gasteiger charge is 2.21. The molecule has 0 saturated carbocycles. The number of benzene rings is 1. The molecule has 1 amide bonds. The van der Waals surface area contributed by atoms with E-state index in [-0.39, 0.29) is 6.61 Å². The van der Waals surface area contributed by atoms with Gasteiger partial charge in [-0.2, -0.15) is 0 Å². The van der Waals surface area contributed by atoms with Crippen LogP contribution in [-0.4, -0.2) is 31.8 Å². The molecule has 1 N–H and O–H groups in total. The minimum atomic E-state index is -0.725. The summed E-state index contributed by atoms with van der Waals surface area (Å²) in [7, 11) is 1.29. The van der Waals surface area contributed by atoms with Crippen LogP contribution in [0.5, 0.6) is 0 Å². The molecule has 0 saturated heterocycles. The average Bonchev–Trinajstić information content (AvgIpc) is 2.49. The number of ether oxygens (including phenoxy) is 2. The lowest BCUT2D eigenvalue weighted by atomic mass is 10.1. The van der Waals surface area contributed by atoms with Crippen LogP contribution in [-0.2, 0) is 20.7 Å². The summed E-state index contributed by atoms with van der Waals surface area (Å²) in [5, 5.41) is 2.49. The smallest absolute Gasteiger partial charge is 0.408 e. The van der Waals surface area contributed by atoms with Crippen LogP contribution in [0, 0.1) is 0 Å². The highest BCUT2D eigenvalue weighted by atomic mass is 16.6. The monoisotopic (exact) mass is 277 g/mol. The summed E-state index contributed by atoms with van der Waals surface area (Å²) in [6, 6.07) is 8.97. The summed E-state index contributed by atoms with van der Waals surface area (Å²) in [4.78, 5) is 23.1. The molecule has 5 heteroatoms. The Balaban J connectivity index is 2.54. The summed E-state index contributed by atoms with van der Waals surface area (Å²) in [5.74, 6) is -0.489. The van der Waals surface area contributed by atoms with Gasteiger partial charge in [-0.15, -0.1) is 0 Å². The van der Waals surface area contributed by atoms with E-state index in [1.54, 1.807) is 0 Å². The van der Waals surface area contributed by atoms with Gasteiger partial charge < -0.3 is 14.8 Å². The van der Waals surface area contributed by atoms with Crippen LogP contribution >= 0.6 is 0 Å². The molecule has 20 heavy (non-hydrogen) atoms. The van der Waals surface area contributed by atoms with Gasteiger partial charge in [-0.1, -0.05) is 43.0 Å². The Morgan fingerprint density at radius 2 is 2.05 bits per heavy atom. The topological polar surface area (TPSA) is 64.6 Å². The van der Waals surface area contributed by atoms with Crippen LogP contribution in [0.1, 0.15) is 12.0 Å². The maximum absolute atomic E-state index is 11.6. The molecule has 5 nitrogen and oxygen atoms in total. The summed E-state index contributed by atoms with van der Waals surface area (Å²) >= 11 is 0. The van der Waals surface area contributed by atoms with E-state index in [0.717, 1.165) is 5.56 Å². The molecule has 0 spiro atoms. The van der Waals surface area contributed by atoms with Crippen LogP contribution in [0.15, 0.2) is 43.0 Å². The number of hydrogen-bond acceptors (Lipinski definition) is 4. The maximum Gasteiger partial charge on any atom is 0.408 e. The van der Waals surface area contributed by atoms with E-state index < -0.39 is 18.1 Å². The fourth-order valence-corrected chi connectivity index (χ4v) is 1.67. The lowest BCUT2D eigenvalue weighted by Gasteiger charge is -2.16. The van der Waals surface area contributed by atoms with Crippen LogP contribution < -0.4 is 5.32 Å². The minimum Gasteiger partial charge on any atom is -0.467 e. The van der Waals surface area contributed by atoms with Gasteiger partial charge in [0.1, 0.15) is 12.6 Å². The standard InChI is InChI=1S/C15H19NO4/c1-3-11-20-15(18)16-13(14(17)19-2)10-9-12-7-5-4-6-8-12/h3-8,13H,1,9-11H2,2H3,(H,16,18)/t13-/m0/s1. The number of amides is 1. The molecule has 0 bridgehead atoms. The molecule has 108 valence electrons. The van der Waals surface area contributed by atoms with Gasteiger partial charge in [-0.3, -0.25) is 0 Å². The van der Waals surface area contributed by atoms with Crippen molar-refractivity contribution < 1.29 is 19.1 Å². The molecule has 0 heterocycles. The predicted octanol–water partition coefficient (Wildman–Crippen LogP) is 2.07. The molecule has 1 aromatic rings. The van der Waals surface area contributed by atoms with Crippen molar-refractivity contribution >= 4 is 12.1 Å². The van der Waals surface area contributed by atoms with Crippen LogP contribution in [0.2, 0.25) is 0 Å². The number of alkyl carbamates (subject to hydrolysis) is 1. The summed E-state index contributed by atoms with van der Waals surface area (Å²) in [6.07, 6.45) is 1.90. The first-order valence-electron chi connectivity index (χ1n) is 6.33. The number of carbonyl (C=O) groups is 2. The van der Waals surface area contributed by atoms with Gasteiger partial charge in [0.05, 0.1) is 7.11 Å². The largest absolute Gasteiger partial charge is 0.467 e. The summed E-state index contributed by atoms with van der Waals surface area (Å²) < 4.78 is 9.47. The number of methoxy groups -OCH3 is 1. The molecule has 1 atom stereocenters. The van der Waals surface area contributed by atoms with Gasteiger partial charge in [0.15, 0.2) is 0 Å². The van der Waals surface area contributed by atoms with Crippen molar-refractivity contribution in [3.8, 4) is 0 Å². The average molecular weight is 277 g/mol. The maximum atomic E-state index is 11.6. The van der Waals surface area contributed by atoms with Crippen molar-refractivity contribution in [2.45, 2.75) is 18.9 Å². The molecule has 1 aromatic carbocycles. The van der Waals surface area contributed by atoms with E-state index in [0.29, 0.717) is 12.8 Å². The van der Waals surface area contributed by atoms with E-state index >= 15 is 0 Å². The second-order valence-electron chi connectivity index (χ2n) is 4.13. The lowest BCUT2D eigenvalue weighted by molar-refractivity contribution is -0.143. The number of nitrogens with one attached hydrogen (secondary N) is 1. The minimum absolute atomic E-state index is 0.0956. The van der Waals surface area contributed by atoms with Gasteiger partial charge in [0, 0.05) is 0 Å². The van der Waals surface area contributed by atoms with Crippen molar-refractivity contribution in [2.75, 3.05) is 13.7 Å². The fourth-order valence-electron chi connectivity index (χ4n) is 1.67. The van der Waals surface area contributed by atoms with E-state index in [2.05, 4.69) is 16.6 Å². The predicted molar refractivity (Wildman–Crippen MR) is 75.2 cm³/mol. The highest BCUT2D eigenvalue weighted by Crippen LogP contribution is 2.06. The second-order valence-corrected chi connectivity index (χ2v) is 4.13. The Morgan fingerprint density at radius 1 is 1.35 bits per heavy atom. The number of aryl methyl sites for hydroxylation is 1. The van der Waals surface area contributed by atoms with Gasteiger partial charge >= 0.3 is 12.1 Å². The van der Waals surface area contributed by atoms with Gasteiger partial charge in [-0.25, -0.2) is 9.59 Å². The second kappa shape index (κ2) is 8.74. The van der Waals surface area contributed by atoms with E-state index in [4.69, 9.17) is 4.74 Å². The molecule has 0 fully saturated rings. The third-order valence-electron chi connectivity index (χ3n) is 2.67. The van der Waals surface area contributed by atoms with E-state index in [1.165, 1.54) is 13.2 Å². The number of esters is 1. The van der Waals surface area contributed by atoms with Gasteiger partial charge in [0.25, 0.3) is 0 Å². The molecule has 0 unspecified atom stereocenters. The number of rotatable bonds is 7. The Labute approximate surface area is 118 Å². The SMILES string of the molecule is C=CCOC(=O)N[C@@H](CCc1ccccc1)C(=O)OC. The van der Waals surface area contributed by atoms with E-state index in [9.17, 15) is 9.59 Å². The quantitative estimate of drug-likeness (QED) is 0.612. The molecule has 1 rings (SSSR count). The van der Waals surface area contributed by atoms with Crippen molar-refractivity contribution in [1.29, 1.82) is 0 Å². The first-order chi connectivity index (χ1) is 9.67. The van der Waals surface area contributed by atoms with Crippen molar-refractivity contribution in [3.05, 3.63) is 48.6 Å². The van der Waals surface area contributed by atoms with Crippen molar-refractivity contribution in [3.63, 3.8) is 0 Å². The zero-order chi connectivity index (χ0) is 14.8. The van der Waals surface area contributed by atoms with Crippen LogP contribution in [0.4, 0.5) is 4.79 Å². The third kappa shape index (κ3) is 5.56. The molecular weight excluding hydrogens is 258 g/mol. The molecule has 0 aliphatic rings. The molecule has 0 aliphatic heterocycles. The Morgan fingerprint density at radius 3 is 2.65 bits per heavy atom. The van der Waals surface area contributed by atoms with Crippen LogP contribution in [0.25, 0.3) is 0 Å². The highest BCUT2D eigenvalue weighted by molar-refractivity contribution is 5.81. The van der Waals surface area contributed by atoms with Crippen molar-refractivity contribution in [2.24, 2.45) is 0 Å². The molecule has 0 radical (unpaired) electrons. The zero-order valence-electron chi connectivity index (χ0n) is 11.5. The van der Waals surface area contributed by atoms with Gasteiger partial charge in [-0.05, 0) is 18.4 Å². The Bertz CT molecular complexity index is 444. The van der Waals surface area contributed by atoms with Crippen molar-refractivity contribution in [1.82, 2.24) is 5.32 Å².